The normalized spacial score (nSPS) is 20.2. The lowest BCUT2D eigenvalue weighted by Gasteiger charge is -2.23. The molecule has 2 heterocycles. The molecular weight excluding hydrogens is 288 g/mol. The summed E-state index contributed by atoms with van der Waals surface area (Å²) in [5.74, 6) is -0.269. The first kappa shape index (κ1) is 14.4. The highest BCUT2D eigenvalue weighted by Gasteiger charge is 2.17. The average Bonchev–Trinajstić information content (AvgIpc) is 2.87. The van der Waals surface area contributed by atoms with Crippen molar-refractivity contribution in [2.75, 3.05) is 32.5 Å². The molecule has 0 bridgehead atoms. The minimum Gasteiger partial charge on any atom is -0.374 e. The van der Waals surface area contributed by atoms with Crippen molar-refractivity contribution in [2.45, 2.75) is 10.3 Å². The van der Waals surface area contributed by atoms with Gasteiger partial charge in [0.05, 0.1) is 17.6 Å². The summed E-state index contributed by atoms with van der Waals surface area (Å²) in [7, 11) is -3.25. The zero-order valence-corrected chi connectivity index (χ0v) is 12.1. The number of rotatable bonds is 4. The number of sulfone groups is 1. The molecule has 1 atom stereocenters. The molecule has 0 aliphatic carbocycles. The van der Waals surface area contributed by atoms with E-state index in [4.69, 9.17) is 4.74 Å². The van der Waals surface area contributed by atoms with Crippen LogP contribution in [0.5, 0.6) is 0 Å². The zero-order valence-electron chi connectivity index (χ0n) is 10.5. The van der Waals surface area contributed by atoms with Crippen molar-refractivity contribution in [3.05, 3.63) is 17.0 Å². The van der Waals surface area contributed by atoms with Crippen LogP contribution in [0.2, 0.25) is 0 Å². The van der Waals surface area contributed by atoms with Gasteiger partial charge >= 0.3 is 0 Å². The maximum absolute atomic E-state index is 11.9. The van der Waals surface area contributed by atoms with Gasteiger partial charge in [-0.25, -0.2) is 8.42 Å². The van der Waals surface area contributed by atoms with Gasteiger partial charge in [-0.3, -0.25) is 4.79 Å². The van der Waals surface area contributed by atoms with Crippen LogP contribution in [0.15, 0.2) is 16.3 Å². The highest BCUT2D eigenvalue weighted by atomic mass is 32.2. The van der Waals surface area contributed by atoms with Gasteiger partial charge in [0.25, 0.3) is 5.91 Å². The standard InChI is InChI=1S/C11H16N2O4S2/c1-19(15,16)10-3-2-9(18-10)11(14)13-7-8-6-12-4-5-17-8/h2-3,8,12H,4-7H2,1H3,(H,13,14). The van der Waals surface area contributed by atoms with Crippen LogP contribution in [-0.2, 0) is 14.6 Å². The fourth-order valence-corrected chi connectivity index (χ4v) is 3.53. The van der Waals surface area contributed by atoms with Gasteiger partial charge in [-0.2, -0.15) is 0 Å². The third-order valence-electron chi connectivity index (χ3n) is 2.67. The average molecular weight is 304 g/mol. The minimum absolute atomic E-state index is 0.0351. The quantitative estimate of drug-likeness (QED) is 0.809. The Morgan fingerprint density at radius 1 is 1.58 bits per heavy atom. The minimum atomic E-state index is -3.25. The molecule has 1 aliphatic heterocycles. The summed E-state index contributed by atoms with van der Waals surface area (Å²) in [6.07, 6.45) is 1.09. The molecule has 2 N–H and O–H groups in total. The monoisotopic (exact) mass is 304 g/mol. The number of thiophene rings is 1. The molecule has 1 aromatic rings. The summed E-state index contributed by atoms with van der Waals surface area (Å²) in [5.41, 5.74) is 0. The van der Waals surface area contributed by atoms with E-state index in [0.29, 0.717) is 24.6 Å². The molecule has 6 nitrogen and oxygen atoms in total. The second-order valence-electron chi connectivity index (χ2n) is 4.30. The van der Waals surface area contributed by atoms with Gasteiger partial charge < -0.3 is 15.4 Å². The Morgan fingerprint density at radius 2 is 2.37 bits per heavy atom. The van der Waals surface area contributed by atoms with Crippen LogP contribution in [0.1, 0.15) is 9.67 Å². The number of hydrogen-bond donors (Lipinski definition) is 2. The number of hydrogen-bond acceptors (Lipinski definition) is 6. The lowest BCUT2D eigenvalue weighted by molar-refractivity contribution is 0.0287. The van der Waals surface area contributed by atoms with Crippen molar-refractivity contribution in [2.24, 2.45) is 0 Å². The predicted molar refractivity (Wildman–Crippen MR) is 72.4 cm³/mol. The molecule has 106 valence electrons. The molecule has 2 rings (SSSR count). The molecule has 1 saturated heterocycles. The fraction of sp³-hybridized carbons (Fsp3) is 0.545. The molecule has 1 unspecified atom stereocenters. The second-order valence-corrected chi connectivity index (χ2v) is 7.62. The van der Waals surface area contributed by atoms with Crippen LogP contribution in [0.4, 0.5) is 0 Å². The third kappa shape index (κ3) is 4.00. The van der Waals surface area contributed by atoms with Crippen LogP contribution in [-0.4, -0.2) is 52.9 Å². The highest BCUT2D eigenvalue weighted by Crippen LogP contribution is 2.21. The third-order valence-corrected chi connectivity index (χ3v) is 5.57. The smallest absolute Gasteiger partial charge is 0.261 e. The molecule has 1 aliphatic rings. The van der Waals surface area contributed by atoms with E-state index in [1.54, 1.807) is 0 Å². The molecule has 19 heavy (non-hydrogen) atoms. The Kier molecular flexibility index (Phi) is 4.56. The van der Waals surface area contributed by atoms with Gasteiger partial charge in [-0.05, 0) is 12.1 Å². The molecule has 0 aromatic carbocycles. The van der Waals surface area contributed by atoms with Crippen molar-refractivity contribution in [3.8, 4) is 0 Å². The largest absolute Gasteiger partial charge is 0.374 e. The first-order valence-electron chi connectivity index (χ1n) is 5.87. The maximum atomic E-state index is 11.9. The lowest BCUT2D eigenvalue weighted by Crippen LogP contribution is -2.45. The first-order valence-corrected chi connectivity index (χ1v) is 8.58. The van der Waals surface area contributed by atoms with Crippen LogP contribution in [0, 0.1) is 0 Å². The van der Waals surface area contributed by atoms with Crippen molar-refractivity contribution >= 4 is 27.1 Å². The zero-order chi connectivity index (χ0) is 13.9. The number of amides is 1. The van der Waals surface area contributed by atoms with Crippen LogP contribution in [0.25, 0.3) is 0 Å². The van der Waals surface area contributed by atoms with E-state index in [-0.39, 0.29) is 16.2 Å². The van der Waals surface area contributed by atoms with Crippen molar-refractivity contribution in [1.82, 2.24) is 10.6 Å². The number of morpholine rings is 1. The van der Waals surface area contributed by atoms with E-state index in [0.717, 1.165) is 24.1 Å². The van der Waals surface area contributed by atoms with Gasteiger partial charge in [0.15, 0.2) is 9.84 Å². The molecule has 1 amide bonds. The highest BCUT2D eigenvalue weighted by molar-refractivity contribution is 7.92. The fourth-order valence-electron chi connectivity index (χ4n) is 1.69. The van der Waals surface area contributed by atoms with Crippen LogP contribution >= 0.6 is 11.3 Å². The Balaban J connectivity index is 1.91. The summed E-state index contributed by atoms with van der Waals surface area (Å²) in [6.45, 7) is 2.59. The first-order chi connectivity index (χ1) is 8.97. The van der Waals surface area contributed by atoms with Gasteiger partial charge in [0.2, 0.25) is 0 Å². The molecular formula is C11H16N2O4S2. The summed E-state index contributed by atoms with van der Waals surface area (Å²) in [6, 6.07) is 2.98. The predicted octanol–water partition coefficient (Wildman–Crippen LogP) is -0.130. The molecule has 0 saturated carbocycles. The Labute approximate surface area is 116 Å². The number of nitrogens with one attached hydrogen (secondary N) is 2. The van der Waals surface area contributed by atoms with E-state index in [1.165, 1.54) is 12.1 Å². The SMILES string of the molecule is CS(=O)(=O)c1ccc(C(=O)NCC2CNCCO2)s1. The molecule has 1 fully saturated rings. The van der Waals surface area contributed by atoms with E-state index in [9.17, 15) is 13.2 Å². The van der Waals surface area contributed by atoms with Gasteiger partial charge in [0.1, 0.15) is 4.21 Å². The second kappa shape index (κ2) is 6.00. The molecule has 1 aromatic heterocycles. The van der Waals surface area contributed by atoms with E-state index < -0.39 is 9.84 Å². The van der Waals surface area contributed by atoms with Crippen molar-refractivity contribution in [3.63, 3.8) is 0 Å². The van der Waals surface area contributed by atoms with Crippen molar-refractivity contribution in [1.29, 1.82) is 0 Å². The van der Waals surface area contributed by atoms with Gasteiger partial charge in [-0.15, -0.1) is 11.3 Å². The summed E-state index contributed by atoms with van der Waals surface area (Å²) in [5, 5.41) is 5.91. The topological polar surface area (TPSA) is 84.5 Å². The molecule has 0 spiro atoms. The summed E-state index contributed by atoms with van der Waals surface area (Å²) in [4.78, 5) is 12.2. The van der Waals surface area contributed by atoms with E-state index in [2.05, 4.69) is 10.6 Å². The van der Waals surface area contributed by atoms with E-state index in [1.807, 2.05) is 0 Å². The lowest BCUT2D eigenvalue weighted by atomic mass is 10.3. The Morgan fingerprint density at radius 3 is 2.95 bits per heavy atom. The van der Waals surface area contributed by atoms with Gasteiger partial charge in [-0.1, -0.05) is 0 Å². The van der Waals surface area contributed by atoms with Crippen LogP contribution in [0.3, 0.4) is 0 Å². The number of carbonyl (C=O) groups excluding carboxylic acids is 1. The summed E-state index contributed by atoms with van der Waals surface area (Å²) >= 11 is 0.978. The molecule has 8 heteroatoms. The summed E-state index contributed by atoms with van der Waals surface area (Å²) < 4.78 is 28.3. The van der Waals surface area contributed by atoms with Crippen molar-refractivity contribution < 1.29 is 17.9 Å². The Bertz CT molecular complexity index is 547. The maximum Gasteiger partial charge on any atom is 0.261 e. The number of carbonyl (C=O) groups is 1. The molecule has 0 radical (unpaired) electrons. The number of ether oxygens (including phenoxy) is 1. The Hall–Kier alpha value is -0.960. The van der Waals surface area contributed by atoms with Crippen LogP contribution < -0.4 is 10.6 Å². The van der Waals surface area contributed by atoms with E-state index >= 15 is 0 Å². The van der Waals surface area contributed by atoms with Gasteiger partial charge in [0, 0.05) is 25.9 Å².